The number of fused-ring (bicyclic) bond motifs is 1. The van der Waals surface area contributed by atoms with Gasteiger partial charge in [0, 0.05) is 23.6 Å². The van der Waals surface area contributed by atoms with Crippen LogP contribution in [0.1, 0.15) is 33.6 Å². The fourth-order valence-electron chi connectivity index (χ4n) is 2.14. The van der Waals surface area contributed by atoms with E-state index in [0.29, 0.717) is 0 Å². The van der Waals surface area contributed by atoms with Crippen molar-refractivity contribution in [3.63, 3.8) is 0 Å². The smallest absolute Gasteiger partial charge is 0.120 e. The molecule has 0 aliphatic carbocycles. The van der Waals surface area contributed by atoms with Gasteiger partial charge in [-0.25, -0.2) is 0 Å². The molecular formula is C17H22N2O. The van der Waals surface area contributed by atoms with Crippen molar-refractivity contribution in [2.75, 3.05) is 6.61 Å². The van der Waals surface area contributed by atoms with Crippen LogP contribution >= 0.6 is 0 Å². The van der Waals surface area contributed by atoms with Crippen LogP contribution in [0.4, 0.5) is 0 Å². The lowest BCUT2D eigenvalue weighted by Gasteiger charge is -2.15. The van der Waals surface area contributed by atoms with Gasteiger partial charge in [-0.15, -0.1) is 0 Å². The zero-order chi connectivity index (χ0) is 14.6. The number of rotatable bonds is 6. The third-order valence-corrected chi connectivity index (χ3v) is 3.50. The van der Waals surface area contributed by atoms with Gasteiger partial charge in [0.25, 0.3) is 0 Å². The molecule has 2 aromatic rings. The Hall–Kier alpha value is -1.95. The summed E-state index contributed by atoms with van der Waals surface area (Å²) < 4.78 is 7.86. The number of ether oxygens (including phenoxy) is 1. The molecule has 0 bridgehead atoms. The van der Waals surface area contributed by atoms with Crippen LogP contribution in [0.2, 0.25) is 0 Å². The van der Waals surface area contributed by atoms with E-state index in [9.17, 15) is 0 Å². The molecule has 0 atom stereocenters. The van der Waals surface area contributed by atoms with Crippen LogP contribution in [0.15, 0.2) is 30.5 Å². The molecule has 0 radical (unpaired) electrons. The Morgan fingerprint density at radius 1 is 1.30 bits per heavy atom. The van der Waals surface area contributed by atoms with Gasteiger partial charge >= 0.3 is 0 Å². The highest BCUT2D eigenvalue weighted by atomic mass is 16.5. The van der Waals surface area contributed by atoms with Crippen molar-refractivity contribution in [3.05, 3.63) is 30.5 Å². The molecule has 0 saturated heterocycles. The number of benzene rings is 1. The van der Waals surface area contributed by atoms with E-state index < -0.39 is 0 Å². The topological polar surface area (TPSA) is 38.0 Å². The summed E-state index contributed by atoms with van der Waals surface area (Å²) in [5, 5.41) is 10.3. The number of aryl methyl sites for hydroxylation is 1. The van der Waals surface area contributed by atoms with Crippen molar-refractivity contribution < 1.29 is 4.74 Å². The van der Waals surface area contributed by atoms with Gasteiger partial charge in [0.05, 0.1) is 18.1 Å². The summed E-state index contributed by atoms with van der Waals surface area (Å²) in [6.45, 7) is 7.68. The Morgan fingerprint density at radius 3 is 2.80 bits per heavy atom. The van der Waals surface area contributed by atoms with Crippen molar-refractivity contribution in [2.45, 2.75) is 40.2 Å². The lowest BCUT2D eigenvalue weighted by Crippen LogP contribution is -2.11. The van der Waals surface area contributed by atoms with Crippen molar-refractivity contribution in [1.82, 2.24) is 4.57 Å². The fourth-order valence-corrected chi connectivity index (χ4v) is 2.14. The molecule has 1 aromatic carbocycles. The molecule has 106 valence electrons. The van der Waals surface area contributed by atoms with Gasteiger partial charge in [0.15, 0.2) is 0 Å². The minimum atomic E-state index is -0.277. The SMILES string of the molecule is CCCOc1ccc2c(ccn2CCC(C)(C)C#N)c1. The third-order valence-electron chi connectivity index (χ3n) is 3.50. The highest BCUT2D eigenvalue weighted by Crippen LogP contribution is 2.25. The molecule has 0 spiro atoms. The lowest BCUT2D eigenvalue weighted by atomic mass is 9.91. The molecule has 1 heterocycles. The standard InChI is InChI=1S/C17H22N2O/c1-4-11-20-15-5-6-16-14(12-15)7-9-19(16)10-8-17(2,3)13-18/h5-7,9,12H,4,8,10-11H2,1-3H3. The minimum absolute atomic E-state index is 0.277. The summed E-state index contributed by atoms with van der Waals surface area (Å²) in [6, 6.07) is 10.7. The highest BCUT2D eigenvalue weighted by Gasteiger charge is 2.16. The molecule has 0 amide bonds. The van der Waals surface area contributed by atoms with Crippen LogP contribution in [-0.2, 0) is 6.54 Å². The second-order valence-electron chi connectivity index (χ2n) is 5.82. The summed E-state index contributed by atoms with van der Waals surface area (Å²) >= 11 is 0. The number of nitriles is 1. The first kappa shape index (κ1) is 14.5. The number of aromatic nitrogens is 1. The van der Waals surface area contributed by atoms with Crippen LogP contribution in [0.25, 0.3) is 10.9 Å². The van der Waals surface area contributed by atoms with E-state index in [0.717, 1.165) is 31.7 Å². The maximum atomic E-state index is 9.08. The van der Waals surface area contributed by atoms with Crippen LogP contribution in [-0.4, -0.2) is 11.2 Å². The molecule has 0 saturated carbocycles. The normalized spacial score (nSPS) is 11.5. The maximum Gasteiger partial charge on any atom is 0.120 e. The van der Waals surface area contributed by atoms with Crippen molar-refractivity contribution >= 4 is 10.9 Å². The third kappa shape index (κ3) is 3.33. The summed E-state index contributed by atoms with van der Waals surface area (Å²) in [5.74, 6) is 0.925. The average Bonchev–Trinajstić information content (AvgIpc) is 2.85. The van der Waals surface area contributed by atoms with E-state index in [-0.39, 0.29) is 5.41 Å². The van der Waals surface area contributed by atoms with Gasteiger partial charge in [-0.1, -0.05) is 6.92 Å². The van der Waals surface area contributed by atoms with Crippen LogP contribution in [0, 0.1) is 16.7 Å². The Balaban J connectivity index is 2.14. The zero-order valence-corrected chi connectivity index (χ0v) is 12.5. The Morgan fingerprint density at radius 2 is 2.10 bits per heavy atom. The zero-order valence-electron chi connectivity index (χ0n) is 12.5. The maximum absolute atomic E-state index is 9.08. The number of hydrogen-bond acceptors (Lipinski definition) is 2. The second kappa shape index (κ2) is 6.00. The van der Waals surface area contributed by atoms with Crippen molar-refractivity contribution in [3.8, 4) is 11.8 Å². The summed E-state index contributed by atoms with van der Waals surface area (Å²) in [4.78, 5) is 0. The van der Waals surface area contributed by atoms with E-state index in [1.165, 1.54) is 10.9 Å². The van der Waals surface area contributed by atoms with E-state index in [2.05, 4.69) is 42.0 Å². The largest absolute Gasteiger partial charge is 0.494 e. The van der Waals surface area contributed by atoms with E-state index in [4.69, 9.17) is 10.00 Å². The van der Waals surface area contributed by atoms with Gasteiger partial charge in [0.1, 0.15) is 5.75 Å². The molecule has 0 aliphatic rings. The Labute approximate surface area is 120 Å². The van der Waals surface area contributed by atoms with Gasteiger partial charge in [-0.05, 0) is 51.0 Å². The predicted molar refractivity (Wildman–Crippen MR) is 81.7 cm³/mol. The molecule has 0 unspecified atom stereocenters. The molecule has 1 aromatic heterocycles. The van der Waals surface area contributed by atoms with Crippen molar-refractivity contribution in [1.29, 1.82) is 5.26 Å². The molecule has 3 nitrogen and oxygen atoms in total. The van der Waals surface area contributed by atoms with Crippen molar-refractivity contribution in [2.24, 2.45) is 5.41 Å². The first-order valence-corrected chi connectivity index (χ1v) is 7.19. The second-order valence-corrected chi connectivity index (χ2v) is 5.82. The summed E-state index contributed by atoms with van der Waals surface area (Å²) in [6.07, 6.45) is 3.95. The van der Waals surface area contributed by atoms with Crippen LogP contribution in [0.5, 0.6) is 5.75 Å². The van der Waals surface area contributed by atoms with Gasteiger partial charge in [-0.3, -0.25) is 0 Å². The highest BCUT2D eigenvalue weighted by molar-refractivity contribution is 5.81. The van der Waals surface area contributed by atoms with Gasteiger partial charge in [0.2, 0.25) is 0 Å². The fraction of sp³-hybridized carbons (Fsp3) is 0.471. The molecular weight excluding hydrogens is 248 g/mol. The quantitative estimate of drug-likeness (QED) is 0.781. The first-order chi connectivity index (χ1) is 9.55. The van der Waals surface area contributed by atoms with Gasteiger partial charge < -0.3 is 9.30 Å². The van der Waals surface area contributed by atoms with E-state index in [1.54, 1.807) is 0 Å². The molecule has 0 aliphatic heterocycles. The summed E-state index contributed by atoms with van der Waals surface area (Å²) in [5.41, 5.74) is 0.920. The average molecular weight is 270 g/mol. The minimum Gasteiger partial charge on any atom is -0.494 e. The molecule has 3 heteroatoms. The van der Waals surface area contributed by atoms with E-state index >= 15 is 0 Å². The molecule has 0 N–H and O–H groups in total. The monoisotopic (exact) mass is 270 g/mol. The lowest BCUT2D eigenvalue weighted by molar-refractivity contribution is 0.318. The molecule has 20 heavy (non-hydrogen) atoms. The predicted octanol–water partition coefficient (Wildman–Crippen LogP) is 4.37. The first-order valence-electron chi connectivity index (χ1n) is 7.19. The molecule has 0 fully saturated rings. The molecule has 2 rings (SSSR count). The number of hydrogen-bond donors (Lipinski definition) is 0. The van der Waals surface area contributed by atoms with Crippen LogP contribution in [0.3, 0.4) is 0 Å². The Bertz CT molecular complexity index is 619. The van der Waals surface area contributed by atoms with E-state index in [1.807, 2.05) is 19.9 Å². The van der Waals surface area contributed by atoms with Gasteiger partial charge in [-0.2, -0.15) is 5.26 Å². The summed E-state index contributed by atoms with van der Waals surface area (Å²) in [7, 11) is 0. The Kier molecular flexibility index (Phi) is 4.34. The van der Waals surface area contributed by atoms with Crippen LogP contribution < -0.4 is 4.74 Å². The number of nitrogens with zero attached hydrogens (tertiary/aromatic N) is 2.